The molecule has 2 aliphatic rings. The van der Waals surface area contributed by atoms with Crippen LogP contribution in [-0.4, -0.2) is 69.5 Å². The van der Waals surface area contributed by atoms with Gasteiger partial charge in [0.25, 0.3) is 0 Å². The second kappa shape index (κ2) is 15.5. The van der Waals surface area contributed by atoms with E-state index in [1.165, 1.54) is 5.56 Å². The van der Waals surface area contributed by atoms with Gasteiger partial charge in [-0.2, -0.15) is 0 Å². The average molecular weight is 636 g/mol. The lowest BCUT2D eigenvalue weighted by Crippen LogP contribution is -2.38. The Hall–Kier alpha value is -4.40. The highest BCUT2D eigenvalue weighted by Crippen LogP contribution is 2.43. The number of carbonyl (C=O) groups excluding carboxylic acids is 1. The molecule has 3 aromatic carbocycles. The number of hydrogen-bond donors (Lipinski definition) is 0. The van der Waals surface area contributed by atoms with Gasteiger partial charge < -0.3 is 23.8 Å². The SMILES string of the molecule is CCOC(=O)c1c2c(nc(Cc3ccccc3)c1N1CCOCC1)C(CCc1ccccc1)N(CCc1ccc(OC)c(OC)c1)C2. The zero-order valence-corrected chi connectivity index (χ0v) is 27.7. The zero-order valence-electron chi connectivity index (χ0n) is 27.7. The predicted molar refractivity (Wildman–Crippen MR) is 184 cm³/mol. The molecule has 0 N–H and O–H groups in total. The third-order valence-electron chi connectivity index (χ3n) is 9.20. The first kappa shape index (κ1) is 32.5. The Morgan fingerprint density at radius 3 is 2.26 bits per heavy atom. The molecule has 2 aliphatic heterocycles. The fraction of sp³-hybridized carbons (Fsp3) is 0.385. The molecule has 0 amide bonds. The van der Waals surface area contributed by atoms with E-state index < -0.39 is 0 Å². The number of methoxy groups -OCH3 is 2. The van der Waals surface area contributed by atoms with Crippen molar-refractivity contribution in [1.82, 2.24) is 9.88 Å². The van der Waals surface area contributed by atoms with E-state index in [-0.39, 0.29) is 12.0 Å². The summed E-state index contributed by atoms with van der Waals surface area (Å²) in [5.74, 6) is 1.17. The van der Waals surface area contributed by atoms with Gasteiger partial charge in [0, 0.05) is 38.2 Å². The second-order valence-electron chi connectivity index (χ2n) is 12.1. The van der Waals surface area contributed by atoms with Crippen LogP contribution in [0.3, 0.4) is 0 Å². The minimum absolute atomic E-state index is 0.0480. The summed E-state index contributed by atoms with van der Waals surface area (Å²) < 4.78 is 22.6. The van der Waals surface area contributed by atoms with Gasteiger partial charge in [0.1, 0.15) is 0 Å². The number of rotatable bonds is 13. The fourth-order valence-electron chi connectivity index (χ4n) is 6.88. The lowest BCUT2D eigenvalue weighted by atomic mass is 9.95. The van der Waals surface area contributed by atoms with Crippen molar-refractivity contribution in [1.29, 1.82) is 0 Å². The molecule has 0 spiro atoms. The van der Waals surface area contributed by atoms with Gasteiger partial charge in [-0.3, -0.25) is 9.88 Å². The smallest absolute Gasteiger partial charge is 0.340 e. The first-order valence-corrected chi connectivity index (χ1v) is 16.7. The highest BCUT2D eigenvalue weighted by Gasteiger charge is 2.38. The molecule has 0 bridgehead atoms. The largest absolute Gasteiger partial charge is 0.493 e. The van der Waals surface area contributed by atoms with Crippen molar-refractivity contribution in [3.05, 3.63) is 118 Å². The minimum Gasteiger partial charge on any atom is -0.493 e. The van der Waals surface area contributed by atoms with Crippen LogP contribution in [0.15, 0.2) is 78.9 Å². The molecule has 3 heterocycles. The number of aromatic nitrogens is 1. The van der Waals surface area contributed by atoms with Crippen molar-refractivity contribution >= 4 is 11.7 Å². The van der Waals surface area contributed by atoms with Crippen LogP contribution in [0.1, 0.15) is 63.4 Å². The topological polar surface area (TPSA) is 73.4 Å². The molecule has 47 heavy (non-hydrogen) atoms. The van der Waals surface area contributed by atoms with Crippen LogP contribution in [0.2, 0.25) is 0 Å². The number of nitrogens with zero attached hydrogens (tertiary/aromatic N) is 3. The van der Waals surface area contributed by atoms with E-state index in [2.05, 4.69) is 76.5 Å². The van der Waals surface area contributed by atoms with E-state index in [4.69, 9.17) is 23.9 Å². The number of carbonyl (C=O) groups is 1. The molecule has 1 aromatic heterocycles. The zero-order chi connectivity index (χ0) is 32.6. The van der Waals surface area contributed by atoms with Crippen LogP contribution < -0.4 is 14.4 Å². The van der Waals surface area contributed by atoms with E-state index in [0.29, 0.717) is 51.4 Å². The third kappa shape index (κ3) is 7.45. The Labute approximate surface area is 278 Å². The molecule has 1 fully saturated rings. The van der Waals surface area contributed by atoms with Crippen molar-refractivity contribution in [3.63, 3.8) is 0 Å². The van der Waals surface area contributed by atoms with E-state index in [1.54, 1.807) is 14.2 Å². The summed E-state index contributed by atoms with van der Waals surface area (Å²) in [5, 5.41) is 0. The van der Waals surface area contributed by atoms with E-state index in [1.807, 2.05) is 19.1 Å². The fourth-order valence-corrected chi connectivity index (χ4v) is 6.88. The number of ether oxygens (including phenoxy) is 4. The number of fused-ring (bicyclic) bond motifs is 1. The second-order valence-corrected chi connectivity index (χ2v) is 12.1. The summed E-state index contributed by atoms with van der Waals surface area (Å²) in [7, 11) is 3.32. The van der Waals surface area contributed by atoms with Crippen molar-refractivity contribution in [2.75, 3.05) is 58.6 Å². The number of esters is 1. The molecule has 1 atom stereocenters. The van der Waals surface area contributed by atoms with Gasteiger partial charge in [0.2, 0.25) is 0 Å². The molecule has 0 aliphatic carbocycles. The number of aryl methyl sites for hydroxylation is 1. The van der Waals surface area contributed by atoms with Crippen LogP contribution in [0.5, 0.6) is 11.5 Å². The number of hydrogen-bond acceptors (Lipinski definition) is 8. The van der Waals surface area contributed by atoms with Crippen molar-refractivity contribution in [2.45, 2.75) is 45.2 Å². The van der Waals surface area contributed by atoms with Crippen LogP contribution in [0.4, 0.5) is 5.69 Å². The Kier molecular flexibility index (Phi) is 10.7. The predicted octanol–water partition coefficient (Wildman–Crippen LogP) is 6.44. The normalized spacial score (nSPS) is 16.1. The number of morpholine rings is 1. The van der Waals surface area contributed by atoms with Crippen molar-refractivity contribution in [3.8, 4) is 11.5 Å². The van der Waals surface area contributed by atoms with E-state index >= 15 is 0 Å². The third-order valence-corrected chi connectivity index (χ3v) is 9.20. The van der Waals surface area contributed by atoms with Crippen LogP contribution in [0.25, 0.3) is 0 Å². The Morgan fingerprint density at radius 1 is 0.872 bits per heavy atom. The molecule has 0 radical (unpaired) electrons. The summed E-state index contributed by atoms with van der Waals surface area (Å²) in [6.07, 6.45) is 3.25. The summed E-state index contributed by atoms with van der Waals surface area (Å²) in [4.78, 5) is 24.3. The molecule has 8 nitrogen and oxygen atoms in total. The molecule has 4 aromatic rings. The van der Waals surface area contributed by atoms with Crippen molar-refractivity contribution in [2.24, 2.45) is 0 Å². The quantitative estimate of drug-likeness (QED) is 0.156. The molecule has 246 valence electrons. The lowest BCUT2D eigenvalue weighted by molar-refractivity contribution is 0.0524. The lowest BCUT2D eigenvalue weighted by Gasteiger charge is -2.32. The highest BCUT2D eigenvalue weighted by molar-refractivity contribution is 5.99. The Bertz CT molecular complexity index is 1640. The molecule has 8 heteroatoms. The highest BCUT2D eigenvalue weighted by atomic mass is 16.5. The maximum Gasteiger partial charge on any atom is 0.340 e. The Balaban J connectivity index is 1.43. The number of anilines is 1. The first-order chi connectivity index (χ1) is 23.1. The summed E-state index contributed by atoms with van der Waals surface area (Å²) in [6, 6.07) is 27.2. The molecule has 6 rings (SSSR count). The summed E-state index contributed by atoms with van der Waals surface area (Å²) >= 11 is 0. The summed E-state index contributed by atoms with van der Waals surface area (Å²) in [5.41, 5.74) is 8.10. The maximum absolute atomic E-state index is 14.0. The van der Waals surface area contributed by atoms with Gasteiger partial charge in [-0.05, 0) is 55.0 Å². The molecule has 0 saturated carbocycles. The molecule has 1 unspecified atom stereocenters. The standard InChI is InChI=1S/C39H45N3O5/c1-4-47-39(43)36-31-27-42(20-19-30-16-18-34(44-2)35(26-30)45-3)33(17-15-28-11-7-5-8-12-28)37(31)40-32(25-29-13-9-6-10-14-29)38(36)41-21-23-46-24-22-41/h5-14,16,18,26,33H,4,15,17,19-25,27H2,1-3H3. The van der Waals surface area contributed by atoms with Gasteiger partial charge in [-0.25, -0.2) is 4.79 Å². The molecular formula is C39H45N3O5. The Morgan fingerprint density at radius 2 is 1.57 bits per heavy atom. The van der Waals surface area contributed by atoms with Crippen molar-refractivity contribution < 1.29 is 23.7 Å². The van der Waals surface area contributed by atoms with Crippen LogP contribution in [0, 0.1) is 0 Å². The van der Waals surface area contributed by atoms with Gasteiger partial charge in [-0.15, -0.1) is 0 Å². The molecular weight excluding hydrogens is 590 g/mol. The van der Waals surface area contributed by atoms with Gasteiger partial charge >= 0.3 is 5.97 Å². The molecule has 1 saturated heterocycles. The average Bonchev–Trinajstić information content (AvgIpc) is 3.46. The first-order valence-electron chi connectivity index (χ1n) is 16.7. The monoisotopic (exact) mass is 635 g/mol. The number of pyridine rings is 1. The van der Waals surface area contributed by atoms with E-state index in [9.17, 15) is 4.79 Å². The van der Waals surface area contributed by atoms with Gasteiger partial charge in [0.05, 0.1) is 62.7 Å². The number of benzene rings is 3. The minimum atomic E-state index is -0.273. The van der Waals surface area contributed by atoms with Gasteiger partial charge in [0.15, 0.2) is 11.5 Å². The maximum atomic E-state index is 14.0. The van der Waals surface area contributed by atoms with Crippen LogP contribution >= 0.6 is 0 Å². The van der Waals surface area contributed by atoms with Gasteiger partial charge in [-0.1, -0.05) is 66.7 Å². The van der Waals surface area contributed by atoms with Crippen LogP contribution in [-0.2, 0) is 35.3 Å². The van der Waals surface area contributed by atoms with E-state index in [0.717, 1.165) is 71.1 Å². The summed E-state index contributed by atoms with van der Waals surface area (Å²) in [6.45, 7) is 6.25.